The van der Waals surface area contributed by atoms with Crippen molar-refractivity contribution in [1.29, 1.82) is 0 Å². The Morgan fingerprint density at radius 3 is 2.18 bits per heavy atom. The van der Waals surface area contributed by atoms with Crippen molar-refractivity contribution < 1.29 is 14.4 Å². The zero-order chi connectivity index (χ0) is 26.8. The van der Waals surface area contributed by atoms with Crippen LogP contribution >= 0.6 is 0 Å². The van der Waals surface area contributed by atoms with Gasteiger partial charge in [0, 0.05) is 50.5 Å². The predicted molar refractivity (Wildman–Crippen MR) is 149 cm³/mol. The summed E-state index contributed by atoms with van der Waals surface area (Å²) < 4.78 is 1.89. The molecule has 0 spiro atoms. The van der Waals surface area contributed by atoms with Crippen molar-refractivity contribution >= 4 is 34.2 Å². The summed E-state index contributed by atoms with van der Waals surface area (Å²) >= 11 is 0. The Bertz CT molecular complexity index is 1210. The van der Waals surface area contributed by atoms with Gasteiger partial charge in [0.15, 0.2) is 5.65 Å². The van der Waals surface area contributed by atoms with E-state index in [1.165, 1.54) is 19.3 Å². The molecule has 10 nitrogen and oxygen atoms in total. The van der Waals surface area contributed by atoms with E-state index in [2.05, 4.69) is 22.8 Å². The number of hydrogen-bond donors (Lipinski definition) is 2. The molecule has 0 unspecified atom stereocenters. The van der Waals surface area contributed by atoms with E-state index in [4.69, 9.17) is 9.82 Å². The molecule has 4 aliphatic rings. The molecule has 0 bridgehead atoms. The summed E-state index contributed by atoms with van der Waals surface area (Å²) in [6, 6.07) is 0.353. The topological polar surface area (TPSA) is 105 Å². The smallest absolute Gasteiger partial charge is 0.272 e. The highest BCUT2D eigenvalue weighted by Gasteiger charge is 2.54. The van der Waals surface area contributed by atoms with Gasteiger partial charge >= 0.3 is 0 Å². The molecule has 2 aromatic heterocycles. The van der Waals surface area contributed by atoms with E-state index in [0.29, 0.717) is 37.9 Å². The molecule has 1 saturated carbocycles. The Labute approximate surface area is 230 Å². The van der Waals surface area contributed by atoms with E-state index in [1.54, 1.807) is 15.9 Å². The fourth-order valence-electron chi connectivity index (χ4n) is 6.57. The van der Waals surface area contributed by atoms with Gasteiger partial charge in [-0.1, -0.05) is 19.3 Å². The van der Waals surface area contributed by atoms with Crippen LogP contribution in [0.5, 0.6) is 0 Å². The fourth-order valence-corrected chi connectivity index (χ4v) is 6.57. The second-order valence-electron chi connectivity index (χ2n) is 11.4. The van der Waals surface area contributed by atoms with Crippen molar-refractivity contribution in [3.63, 3.8) is 0 Å². The molecule has 210 valence electrons. The lowest BCUT2D eigenvalue weighted by atomic mass is 9.93. The van der Waals surface area contributed by atoms with Crippen molar-refractivity contribution in [3.8, 4) is 0 Å². The summed E-state index contributed by atoms with van der Waals surface area (Å²) in [6.07, 6.45) is 17.3. The first-order chi connectivity index (χ1) is 19.1. The molecule has 10 heteroatoms. The van der Waals surface area contributed by atoms with Crippen LogP contribution in [0.4, 0.5) is 5.69 Å². The number of pyridine rings is 1. The molecule has 6 rings (SSSR count). The highest BCUT2D eigenvalue weighted by molar-refractivity contribution is 6.13. The number of anilines is 1. The molecule has 2 aromatic rings. The van der Waals surface area contributed by atoms with Crippen LogP contribution in [0.3, 0.4) is 0 Å². The normalized spacial score (nSPS) is 22.0. The highest BCUT2D eigenvalue weighted by atomic mass is 16.7. The zero-order valence-electron chi connectivity index (χ0n) is 23.1. The fraction of sp³-hybridized carbons (Fsp3) is 0.655. The van der Waals surface area contributed by atoms with Crippen molar-refractivity contribution in [2.45, 2.75) is 95.7 Å². The van der Waals surface area contributed by atoms with Gasteiger partial charge in [0.2, 0.25) is 0 Å². The zero-order valence-corrected chi connectivity index (χ0v) is 23.1. The van der Waals surface area contributed by atoms with Crippen molar-refractivity contribution in [1.82, 2.24) is 30.0 Å². The number of carbonyl (C=O) groups excluding carboxylic acids is 2. The first-order valence-electron chi connectivity index (χ1n) is 15.0. The van der Waals surface area contributed by atoms with Gasteiger partial charge in [0.25, 0.3) is 17.4 Å². The molecule has 2 amide bonds. The molecule has 3 fully saturated rings. The summed E-state index contributed by atoms with van der Waals surface area (Å²) in [5, 5.41) is 9.30. The summed E-state index contributed by atoms with van der Waals surface area (Å²) in [5.74, 6) is -0.537. The third-order valence-corrected chi connectivity index (χ3v) is 8.80. The van der Waals surface area contributed by atoms with Crippen LogP contribution in [0, 0.1) is 0 Å². The molecular formula is C29H41N7O3. The summed E-state index contributed by atoms with van der Waals surface area (Å²) in [7, 11) is 0. The lowest BCUT2D eigenvalue weighted by molar-refractivity contribution is -0.171. The van der Waals surface area contributed by atoms with Crippen LogP contribution in [0.2, 0.25) is 0 Å². The van der Waals surface area contributed by atoms with Gasteiger partial charge in [-0.05, 0) is 64.4 Å². The van der Waals surface area contributed by atoms with Crippen LogP contribution in [-0.2, 0) is 21.0 Å². The lowest BCUT2D eigenvalue weighted by Crippen LogP contribution is -2.60. The number of aromatic nitrogens is 3. The van der Waals surface area contributed by atoms with Gasteiger partial charge in [0.1, 0.15) is 0 Å². The van der Waals surface area contributed by atoms with Crippen molar-refractivity contribution in [2.75, 3.05) is 31.5 Å². The Morgan fingerprint density at radius 1 is 0.949 bits per heavy atom. The predicted octanol–water partition coefficient (Wildman–Crippen LogP) is 3.84. The van der Waals surface area contributed by atoms with E-state index in [0.717, 1.165) is 80.2 Å². The Hall–Kier alpha value is -3.14. The standard InChI is InChI=1S/C29H41N7O3/c1-2-36-26-23(20-31-36)25(32-21-12-6-3-7-13-21)22(19-30-26)24-18-29(39-33-24,27(37)34-14-8-4-9-15-34)28(38)35-16-10-5-11-17-35/h18-21,33H,2-17H2,1H3,(H,30,32). The Kier molecular flexibility index (Phi) is 7.47. The molecule has 1 aliphatic carbocycles. The van der Waals surface area contributed by atoms with Crippen LogP contribution in [-0.4, -0.2) is 74.2 Å². The summed E-state index contributed by atoms with van der Waals surface area (Å²) in [4.78, 5) is 42.6. The van der Waals surface area contributed by atoms with E-state index in [9.17, 15) is 9.59 Å². The molecule has 2 saturated heterocycles. The molecule has 2 N–H and O–H groups in total. The van der Waals surface area contributed by atoms with Gasteiger partial charge in [0.05, 0.1) is 23.0 Å². The number of hydroxylamine groups is 1. The van der Waals surface area contributed by atoms with Gasteiger partial charge in [-0.2, -0.15) is 5.10 Å². The van der Waals surface area contributed by atoms with E-state index < -0.39 is 5.60 Å². The van der Waals surface area contributed by atoms with Gasteiger partial charge in [-0.25, -0.2) is 14.5 Å². The number of aryl methyl sites for hydroxylation is 1. The highest BCUT2D eigenvalue weighted by Crippen LogP contribution is 2.38. The van der Waals surface area contributed by atoms with E-state index in [1.807, 2.05) is 17.1 Å². The lowest BCUT2D eigenvalue weighted by Gasteiger charge is -2.37. The number of nitrogens with one attached hydrogen (secondary N) is 2. The van der Waals surface area contributed by atoms with Crippen LogP contribution in [0.1, 0.15) is 83.1 Å². The monoisotopic (exact) mass is 535 g/mol. The SMILES string of the molecule is CCn1ncc2c(NC3CCCCC3)c(C3=CC(C(=O)N4CCCCC4)(C(=O)N4CCCCC4)ON3)cnc21. The third-order valence-electron chi connectivity index (χ3n) is 8.80. The second-order valence-corrected chi connectivity index (χ2v) is 11.4. The molecule has 3 aliphatic heterocycles. The molecule has 0 aromatic carbocycles. The molecule has 5 heterocycles. The third kappa shape index (κ3) is 4.88. The number of likely N-dealkylation sites (tertiary alicyclic amines) is 2. The van der Waals surface area contributed by atoms with E-state index in [-0.39, 0.29) is 11.8 Å². The van der Waals surface area contributed by atoms with Crippen LogP contribution < -0.4 is 10.8 Å². The average molecular weight is 536 g/mol. The Morgan fingerprint density at radius 2 is 1.56 bits per heavy atom. The number of hydrogen-bond acceptors (Lipinski definition) is 7. The summed E-state index contributed by atoms with van der Waals surface area (Å²) in [6.45, 7) is 5.38. The number of amides is 2. The quantitative estimate of drug-likeness (QED) is 0.542. The van der Waals surface area contributed by atoms with E-state index >= 15 is 0 Å². The van der Waals surface area contributed by atoms with Crippen molar-refractivity contribution in [3.05, 3.63) is 24.0 Å². The average Bonchev–Trinajstić information content (AvgIpc) is 3.64. The number of rotatable bonds is 6. The first kappa shape index (κ1) is 26.1. The Balaban J connectivity index is 1.42. The van der Waals surface area contributed by atoms with Crippen LogP contribution in [0.15, 0.2) is 18.5 Å². The maximum atomic E-state index is 14.1. The number of carbonyl (C=O) groups is 2. The number of fused-ring (bicyclic) bond motifs is 1. The summed E-state index contributed by atoms with van der Waals surface area (Å²) in [5.41, 5.74) is 4.46. The van der Waals surface area contributed by atoms with Gasteiger partial charge in [-0.15, -0.1) is 0 Å². The minimum absolute atomic E-state index is 0.269. The molecule has 0 atom stereocenters. The van der Waals surface area contributed by atoms with Crippen molar-refractivity contribution in [2.24, 2.45) is 0 Å². The second kappa shape index (κ2) is 11.2. The maximum Gasteiger partial charge on any atom is 0.272 e. The minimum atomic E-state index is -1.71. The molecule has 39 heavy (non-hydrogen) atoms. The largest absolute Gasteiger partial charge is 0.381 e. The minimum Gasteiger partial charge on any atom is -0.381 e. The molecule has 0 radical (unpaired) electrons. The maximum absolute atomic E-state index is 14.1. The van der Waals surface area contributed by atoms with Crippen LogP contribution in [0.25, 0.3) is 16.7 Å². The first-order valence-corrected chi connectivity index (χ1v) is 15.0. The number of nitrogens with zero attached hydrogens (tertiary/aromatic N) is 5. The van der Waals surface area contributed by atoms with Gasteiger partial charge < -0.3 is 15.1 Å². The number of piperidine rings is 2. The molecular weight excluding hydrogens is 494 g/mol. The van der Waals surface area contributed by atoms with Gasteiger partial charge in [-0.3, -0.25) is 15.1 Å².